The van der Waals surface area contributed by atoms with Gasteiger partial charge in [0.1, 0.15) is 0 Å². The third kappa shape index (κ3) is 5.23. The molecular weight excluding hydrogens is 306 g/mol. The smallest absolute Gasteiger partial charge is 0.0638 e. The molecule has 0 spiro atoms. The van der Waals surface area contributed by atoms with Crippen LogP contribution < -0.4 is 0 Å². The van der Waals surface area contributed by atoms with E-state index in [1.165, 1.54) is 16.0 Å². The second-order valence-corrected chi connectivity index (χ2v) is 6.41. The predicted octanol–water partition coefficient (Wildman–Crippen LogP) is 3.09. The summed E-state index contributed by atoms with van der Waals surface area (Å²) < 4.78 is 1.90. The average molecular weight is 331 g/mol. The van der Waals surface area contributed by atoms with Gasteiger partial charge in [-0.1, -0.05) is 18.2 Å². The average Bonchev–Trinajstić information content (AvgIpc) is 2.88. The van der Waals surface area contributed by atoms with Gasteiger partial charge in [-0.25, -0.2) is 0 Å². The monoisotopic (exact) mass is 331 g/mol. The first-order chi connectivity index (χ1) is 11.2. The molecule has 5 heteroatoms. The molecule has 0 bridgehead atoms. The van der Waals surface area contributed by atoms with Gasteiger partial charge in [0, 0.05) is 36.3 Å². The van der Waals surface area contributed by atoms with Gasteiger partial charge in [-0.15, -0.1) is 18.3 Å². The molecule has 0 fully saturated rings. The fourth-order valence-electron chi connectivity index (χ4n) is 2.53. The quantitative estimate of drug-likeness (QED) is 0.566. The summed E-state index contributed by atoms with van der Waals surface area (Å²) in [5.74, 6) is 0. The van der Waals surface area contributed by atoms with Crippen molar-refractivity contribution in [3.63, 3.8) is 0 Å². The highest BCUT2D eigenvalue weighted by atomic mass is 32.2. The summed E-state index contributed by atoms with van der Waals surface area (Å²) in [7, 11) is 0. The Morgan fingerprint density at radius 2 is 2.04 bits per heavy atom. The number of aryl methyl sites for hydroxylation is 1. The molecule has 0 aliphatic rings. The number of thioether (sulfide) groups is 1. The summed E-state index contributed by atoms with van der Waals surface area (Å²) in [6, 6.07) is 8.60. The minimum atomic E-state index is 0.155. The molecule has 1 aromatic heterocycles. The normalized spacial score (nSPS) is 11.1. The van der Waals surface area contributed by atoms with Crippen LogP contribution in [-0.2, 0) is 19.6 Å². The van der Waals surface area contributed by atoms with Crippen molar-refractivity contribution < 1.29 is 5.11 Å². The number of aliphatic hydroxyl groups excluding tert-OH is 1. The Labute approximate surface area is 142 Å². The standard InChI is InChI=1S/C18H25N3OS/c1-4-9-21-14-17(15(2)19-21)13-20(10-11-22)12-16-5-7-18(23-3)8-6-16/h4-8,14,22H,1,9-13H2,2-3H3. The molecule has 124 valence electrons. The van der Waals surface area contributed by atoms with Gasteiger partial charge in [0.15, 0.2) is 0 Å². The van der Waals surface area contributed by atoms with Crippen LogP contribution in [0, 0.1) is 6.92 Å². The third-order valence-electron chi connectivity index (χ3n) is 3.74. The number of nitrogens with zero attached hydrogens (tertiary/aromatic N) is 3. The molecule has 1 heterocycles. The Balaban J connectivity index is 2.06. The highest BCUT2D eigenvalue weighted by molar-refractivity contribution is 7.98. The molecule has 2 rings (SSSR count). The van der Waals surface area contributed by atoms with Gasteiger partial charge in [0.2, 0.25) is 0 Å². The SMILES string of the molecule is C=CCn1cc(CN(CCO)Cc2ccc(SC)cc2)c(C)n1. The molecule has 0 radical (unpaired) electrons. The Morgan fingerprint density at radius 3 is 2.65 bits per heavy atom. The van der Waals surface area contributed by atoms with E-state index >= 15 is 0 Å². The van der Waals surface area contributed by atoms with Crippen LogP contribution in [-0.4, -0.2) is 39.2 Å². The van der Waals surface area contributed by atoms with Crippen LogP contribution in [0.2, 0.25) is 0 Å². The summed E-state index contributed by atoms with van der Waals surface area (Å²) in [6.07, 6.45) is 5.99. The van der Waals surface area contributed by atoms with Gasteiger partial charge in [-0.3, -0.25) is 9.58 Å². The van der Waals surface area contributed by atoms with Crippen molar-refractivity contribution in [2.24, 2.45) is 0 Å². The molecule has 0 aliphatic heterocycles. The van der Waals surface area contributed by atoms with E-state index in [9.17, 15) is 5.11 Å². The fraction of sp³-hybridized carbons (Fsp3) is 0.389. The topological polar surface area (TPSA) is 41.3 Å². The molecule has 1 aromatic carbocycles. The highest BCUT2D eigenvalue weighted by Gasteiger charge is 2.11. The Kier molecular flexibility index (Phi) is 6.89. The number of benzene rings is 1. The number of rotatable bonds is 9. The number of hydrogen-bond donors (Lipinski definition) is 1. The Hall–Kier alpha value is -1.56. The molecule has 0 atom stereocenters. The van der Waals surface area contributed by atoms with Crippen molar-refractivity contribution in [1.29, 1.82) is 0 Å². The van der Waals surface area contributed by atoms with Gasteiger partial charge < -0.3 is 5.11 Å². The summed E-state index contributed by atoms with van der Waals surface area (Å²) >= 11 is 1.75. The summed E-state index contributed by atoms with van der Waals surface area (Å²) in [5.41, 5.74) is 3.49. The fourth-order valence-corrected chi connectivity index (χ4v) is 2.93. The first-order valence-electron chi connectivity index (χ1n) is 7.76. The maximum atomic E-state index is 9.35. The van der Waals surface area contributed by atoms with Gasteiger partial charge in [0.25, 0.3) is 0 Å². The van der Waals surface area contributed by atoms with Crippen molar-refractivity contribution in [3.8, 4) is 0 Å². The largest absolute Gasteiger partial charge is 0.395 e. The molecular formula is C18H25N3OS. The van der Waals surface area contributed by atoms with Gasteiger partial charge in [-0.2, -0.15) is 5.10 Å². The zero-order chi connectivity index (χ0) is 16.7. The Bertz CT molecular complexity index is 622. The molecule has 1 N–H and O–H groups in total. The van der Waals surface area contributed by atoms with Gasteiger partial charge >= 0.3 is 0 Å². The number of aromatic nitrogens is 2. The van der Waals surface area contributed by atoms with Gasteiger partial charge in [-0.05, 0) is 30.9 Å². The minimum absolute atomic E-state index is 0.155. The van der Waals surface area contributed by atoms with Crippen LogP contribution in [0.25, 0.3) is 0 Å². The molecule has 0 aliphatic carbocycles. The van der Waals surface area contributed by atoms with Crippen molar-refractivity contribution in [3.05, 3.63) is 59.9 Å². The molecule has 0 unspecified atom stereocenters. The summed E-state index contributed by atoms with van der Waals surface area (Å²) in [4.78, 5) is 3.51. The second-order valence-electron chi connectivity index (χ2n) is 5.53. The maximum Gasteiger partial charge on any atom is 0.0638 e. The lowest BCUT2D eigenvalue weighted by molar-refractivity contribution is 0.184. The molecule has 0 amide bonds. The summed E-state index contributed by atoms with van der Waals surface area (Å²) in [6.45, 7) is 8.91. The maximum absolute atomic E-state index is 9.35. The molecule has 0 saturated carbocycles. The molecule has 4 nitrogen and oxygen atoms in total. The van der Waals surface area contributed by atoms with Gasteiger partial charge in [0.05, 0.1) is 18.8 Å². The Morgan fingerprint density at radius 1 is 1.30 bits per heavy atom. The van der Waals surface area contributed by atoms with E-state index in [1.807, 2.05) is 17.7 Å². The van der Waals surface area contributed by atoms with E-state index in [1.54, 1.807) is 11.8 Å². The highest BCUT2D eigenvalue weighted by Crippen LogP contribution is 2.17. The van der Waals surface area contributed by atoms with Crippen molar-refractivity contribution in [2.75, 3.05) is 19.4 Å². The van der Waals surface area contributed by atoms with E-state index < -0.39 is 0 Å². The summed E-state index contributed by atoms with van der Waals surface area (Å²) in [5, 5.41) is 13.9. The van der Waals surface area contributed by atoms with Crippen LogP contribution in [0.4, 0.5) is 0 Å². The van der Waals surface area contributed by atoms with E-state index in [0.717, 1.165) is 25.3 Å². The van der Waals surface area contributed by atoms with E-state index in [2.05, 4.69) is 53.3 Å². The van der Waals surface area contributed by atoms with E-state index in [-0.39, 0.29) is 6.61 Å². The molecule has 23 heavy (non-hydrogen) atoms. The molecule has 2 aromatic rings. The van der Waals surface area contributed by atoms with Crippen molar-refractivity contribution >= 4 is 11.8 Å². The first kappa shape index (κ1) is 17.8. The van der Waals surface area contributed by atoms with Crippen molar-refractivity contribution in [1.82, 2.24) is 14.7 Å². The van der Waals surface area contributed by atoms with Crippen molar-refractivity contribution in [2.45, 2.75) is 31.5 Å². The zero-order valence-corrected chi connectivity index (χ0v) is 14.7. The first-order valence-corrected chi connectivity index (χ1v) is 8.98. The van der Waals surface area contributed by atoms with Crippen LogP contribution in [0.5, 0.6) is 0 Å². The van der Waals surface area contributed by atoms with Crippen LogP contribution in [0.15, 0.2) is 48.0 Å². The second kappa shape index (κ2) is 8.91. The lowest BCUT2D eigenvalue weighted by atomic mass is 10.2. The van der Waals surface area contributed by atoms with Crippen LogP contribution in [0.1, 0.15) is 16.8 Å². The number of aliphatic hydroxyl groups is 1. The van der Waals surface area contributed by atoms with Crippen LogP contribution >= 0.6 is 11.8 Å². The number of allylic oxidation sites excluding steroid dienone is 1. The minimum Gasteiger partial charge on any atom is -0.395 e. The lowest BCUT2D eigenvalue weighted by Crippen LogP contribution is -2.26. The lowest BCUT2D eigenvalue weighted by Gasteiger charge is -2.21. The van der Waals surface area contributed by atoms with E-state index in [0.29, 0.717) is 6.54 Å². The third-order valence-corrected chi connectivity index (χ3v) is 4.48. The zero-order valence-electron chi connectivity index (χ0n) is 13.9. The molecule has 0 saturated heterocycles. The predicted molar refractivity (Wildman–Crippen MR) is 96.6 cm³/mol. The van der Waals surface area contributed by atoms with E-state index in [4.69, 9.17) is 0 Å². The van der Waals surface area contributed by atoms with Crippen LogP contribution in [0.3, 0.4) is 0 Å². The number of hydrogen-bond acceptors (Lipinski definition) is 4.